The number of methoxy groups -OCH3 is 1. The van der Waals surface area contributed by atoms with Gasteiger partial charge in [-0.2, -0.15) is 0 Å². The lowest BCUT2D eigenvalue weighted by Gasteiger charge is -2.12. The summed E-state index contributed by atoms with van der Waals surface area (Å²) in [6, 6.07) is 8.72. The molecule has 30 heavy (non-hydrogen) atoms. The molecule has 0 bridgehead atoms. The van der Waals surface area contributed by atoms with E-state index in [0.29, 0.717) is 28.1 Å². The van der Waals surface area contributed by atoms with Crippen molar-refractivity contribution in [1.82, 2.24) is 10.2 Å². The Kier molecular flexibility index (Phi) is 6.62. The summed E-state index contributed by atoms with van der Waals surface area (Å²) in [6.07, 6.45) is 0. The van der Waals surface area contributed by atoms with Crippen molar-refractivity contribution in [3.63, 3.8) is 0 Å². The van der Waals surface area contributed by atoms with Gasteiger partial charge in [0.25, 0.3) is 11.6 Å². The second-order valence-corrected chi connectivity index (χ2v) is 6.66. The lowest BCUT2D eigenvalue weighted by molar-refractivity contribution is -0.384. The van der Waals surface area contributed by atoms with Crippen LogP contribution in [0.1, 0.15) is 23.2 Å². The highest BCUT2D eigenvalue weighted by atomic mass is 79.9. The topological polar surface area (TPSA) is 127 Å². The largest absolute Gasteiger partial charge is 0.492 e. The third kappa shape index (κ3) is 4.74. The first-order valence-corrected chi connectivity index (χ1v) is 9.47. The van der Waals surface area contributed by atoms with Crippen molar-refractivity contribution in [2.45, 2.75) is 13.5 Å². The summed E-state index contributed by atoms with van der Waals surface area (Å²) >= 11 is 3.34. The monoisotopic (exact) mass is 477 g/mol. The number of ether oxygens (including phenoxy) is 3. The predicted molar refractivity (Wildman–Crippen MR) is 107 cm³/mol. The normalized spacial score (nSPS) is 10.5. The smallest absolute Gasteiger partial charge is 0.338 e. The maximum atomic E-state index is 12.4. The average molecular weight is 478 g/mol. The summed E-state index contributed by atoms with van der Waals surface area (Å²) in [6.45, 7) is 1.97. The summed E-state index contributed by atoms with van der Waals surface area (Å²) < 4.78 is 22.0. The summed E-state index contributed by atoms with van der Waals surface area (Å²) in [5.74, 6) is 0.489. The van der Waals surface area contributed by atoms with Crippen LogP contribution >= 0.6 is 15.9 Å². The Morgan fingerprint density at radius 1 is 1.23 bits per heavy atom. The van der Waals surface area contributed by atoms with E-state index in [0.717, 1.165) is 0 Å². The Labute approximate surface area is 179 Å². The fourth-order valence-corrected chi connectivity index (χ4v) is 3.12. The summed E-state index contributed by atoms with van der Waals surface area (Å²) in [4.78, 5) is 22.6. The summed E-state index contributed by atoms with van der Waals surface area (Å²) in [5.41, 5.74) is 0.705. The van der Waals surface area contributed by atoms with Crippen LogP contribution in [0.25, 0.3) is 11.5 Å². The molecule has 0 saturated heterocycles. The number of aromatic nitrogens is 2. The van der Waals surface area contributed by atoms with Crippen LogP contribution in [0.5, 0.6) is 11.5 Å². The molecule has 3 rings (SSSR count). The lowest BCUT2D eigenvalue weighted by Crippen LogP contribution is -2.07. The van der Waals surface area contributed by atoms with Crippen LogP contribution in [0.3, 0.4) is 0 Å². The first kappa shape index (κ1) is 21.2. The van der Waals surface area contributed by atoms with E-state index in [2.05, 4.69) is 26.1 Å². The van der Waals surface area contributed by atoms with Gasteiger partial charge in [0, 0.05) is 17.7 Å². The average Bonchev–Trinajstić information content (AvgIpc) is 3.21. The second-order valence-electron chi connectivity index (χ2n) is 5.80. The van der Waals surface area contributed by atoms with E-state index >= 15 is 0 Å². The van der Waals surface area contributed by atoms with E-state index in [1.165, 1.54) is 37.4 Å². The Bertz CT molecular complexity index is 1070. The molecule has 0 fully saturated rings. The molecule has 0 unspecified atom stereocenters. The zero-order chi connectivity index (χ0) is 21.7. The van der Waals surface area contributed by atoms with Crippen LogP contribution < -0.4 is 9.47 Å². The van der Waals surface area contributed by atoms with Crippen LogP contribution in [0, 0.1) is 10.1 Å². The maximum absolute atomic E-state index is 12.4. The standard InChI is InChI=1S/C19H16BrN3O7/c1-3-28-15-9-12(8-14(20)17(15)27-2)19(24)29-10-16-21-22-18(30-16)11-4-6-13(7-5-11)23(25)26/h4-9H,3,10H2,1-2H3. The van der Waals surface area contributed by atoms with Gasteiger partial charge in [0.1, 0.15) is 0 Å². The zero-order valence-electron chi connectivity index (χ0n) is 16.0. The van der Waals surface area contributed by atoms with Gasteiger partial charge in [-0.05, 0) is 47.1 Å². The minimum Gasteiger partial charge on any atom is -0.492 e. The second kappa shape index (κ2) is 9.35. The number of carbonyl (C=O) groups excluding carboxylic acids is 1. The highest BCUT2D eigenvalue weighted by Gasteiger charge is 2.18. The van der Waals surface area contributed by atoms with E-state index < -0.39 is 10.9 Å². The Hall–Kier alpha value is -3.47. The van der Waals surface area contributed by atoms with Gasteiger partial charge in [-0.3, -0.25) is 10.1 Å². The van der Waals surface area contributed by atoms with Crippen molar-refractivity contribution in [3.8, 4) is 23.0 Å². The number of nitrogens with zero attached hydrogens (tertiary/aromatic N) is 3. The molecule has 0 aliphatic rings. The molecule has 0 spiro atoms. The van der Waals surface area contributed by atoms with Crippen LogP contribution in [0.2, 0.25) is 0 Å². The van der Waals surface area contributed by atoms with Crippen molar-refractivity contribution in [1.29, 1.82) is 0 Å². The molecule has 0 aliphatic heterocycles. The molecule has 156 valence electrons. The Morgan fingerprint density at radius 2 is 1.97 bits per heavy atom. The number of carbonyl (C=O) groups is 1. The Morgan fingerprint density at radius 3 is 2.60 bits per heavy atom. The Balaban J connectivity index is 1.69. The minimum atomic E-state index is -0.616. The van der Waals surface area contributed by atoms with E-state index in [-0.39, 0.29) is 29.6 Å². The molecular weight excluding hydrogens is 462 g/mol. The zero-order valence-corrected chi connectivity index (χ0v) is 17.5. The van der Waals surface area contributed by atoms with Gasteiger partial charge in [0.15, 0.2) is 18.1 Å². The van der Waals surface area contributed by atoms with E-state index in [4.69, 9.17) is 18.6 Å². The van der Waals surface area contributed by atoms with Crippen molar-refractivity contribution in [2.24, 2.45) is 0 Å². The van der Waals surface area contributed by atoms with Gasteiger partial charge < -0.3 is 18.6 Å². The summed E-state index contributed by atoms with van der Waals surface area (Å²) in [5, 5.41) is 18.4. The van der Waals surface area contributed by atoms with Gasteiger partial charge in [0.2, 0.25) is 5.89 Å². The van der Waals surface area contributed by atoms with E-state index in [1.807, 2.05) is 6.92 Å². The lowest BCUT2D eigenvalue weighted by atomic mass is 10.2. The molecule has 3 aromatic rings. The molecule has 1 aromatic heterocycles. The van der Waals surface area contributed by atoms with Crippen molar-refractivity contribution >= 4 is 27.6 Å². The van der Waals surface area contributed by atoms with Gasteiger partial charge in [-0.15, -0.1) is 10.2 Å². The molecule has 0 N–H and O–H groups in total. The number of nitro groups is 1. The number of nitro benzene ring substituents is 1. The van der Waals surface area contributed by atoms with Crippen molar-refractivity contribution in [3.05, 3.63) is 62.4 Å². The fraction of sp³-hybridized carbons (Fsp3) is 0.211. The molecule has 0 saturated carbocycles. The minimum absolute atomic E-state index is 0.0514. The molecule has 0 aliphatic carbocycles. The van der Waals surface area contributed by atoms with E-state index in [1.54, 1.807) is 6.07 Å². The van der Waals surface area contributed by atoms with Crippen molar-refractivity contribution in [2.75, 3.05) is 13.7 Å². The molecule has 0 atom stereocenters. The number of non-ortho nitro benzene ring substituents is 1. The van der Waals surface area contributed by atoms with E-state index in [9.17, 15) is 14.9 Å². The summed E-state index contributed by atoms with van der Waals surface area (Å²) in [7, 11) is 1.50. The van der Waals surface area contributed by atoms with Crippen LogP contribution in [-0.4, -0.2) is 34.8 Å². The van der Waals surface area contributed by atoms with Crippen LogP contribution in [0.15, 0.2) is 45.3 Å². The first-order valence-electron chi connectivity index (χ1n) is 8.67. The van der Waals surface area contributed by atoms with Crippen molar-refractivity contribution < 1.29 is 28.3 Å². The third-order valence-corrected chi connectivity index (χ3v) is 4.46. The van der Waals surface area contributed by atoms with Crippen LogP contribution in [-0.2, 0) is 11.3 Å². The quantitative estimate of drug-likeness (QED) is 0.266. The molecule has 11 heteroatoms. The predicted octanol–water partition coefficient (Wildman–Crippen LogP) is 4.17. The number of esters is 1. The molecule has 10 nitrogen and oxygen atoms in total. The first-order chi connectivity index (χ1) is 14.4. The number of hydrogen-bond acceptors (Lipinski definition) is 9. The third-order valence-electron chi connectivity index (χ3n) is 3.87. The number of benzene rings is 2. The fourth-order valence-electron chi connectivity index (χ4n) is 2.51. The molecule has 1 heterocycles. The number of halogens is 1. The van der Waals surface area contributed by atoms with Gasteiger partial charge in [-0.1, -0.05) is 0 Å². The SMILES string of the molecule is CCOc1cc(C(=O)OCc2nnc(-c3ccc([N+](=O)[O-])cc3)o2)cc(Br)c1OC. The maximum Gasteiger partial charge on any atom is 0.338 e. The van der Waals surface area contributed by atoms with Gasteiger partial charge in [0.05, 0.1) is 28.7 Å². The number of hydrogen-bond donors (Lipinski definition) is 0. The van der Waals surface area contributed by atoms with Gasteiger partial charge >= 0.3 is 5.97 Å². The highest BCUT2D eigenvalue weighted by Crippen LogP contribution is 2.36. The number of rotatable bonds is 8. The highest BCUT2D eigenvalue weighted by molar-refractivity contribution is 9.10. The molecule has 0 radical (unpaired) electrons. The molecule has 0 amide bonds. The van der Waals surface area contributed by atoms with Crippen LogP contribution in [0.4, 0.5) is 5.69 Å². The van der Waals surface area contributed by atoms with Gasteiger partial charge in [-0.25, -0.2) is 4.79 Å². The molecular formula is C19H16BrN3O7. The molecule has 2 aromatic carbocycles.